The number of aliphatic hydroxyl groups excluding tert-OH is 1. The average molecular weight is 294 g/mol. The highest BCUT2D eigenvalue weighted by Crippen LogP contribution is 2.38. The van der Waals surface area contributed by atoms with E-state index in [9.17, 15) is 13.9 Å². The molecule has 0 bridgehead atoms. The van der Waals surface area contributed by atoms with Gasteiger partial charge in [0.25, 0.3) is 0 Å². The normalized spacial score (nSPS) is 19.6. The van der Waals surface area contributed by atoms with Gasteiger partial charge in [-0.15, -0.1) is 11.3 Å². The lowest BCUT2D eigenvalue weighted by Gasteiger charge is -2.27. The molecule has 0 aliphatic heterocycles. The third-order valence-electron chi connectivity index (χ3n) is 4.04. The number of rotatable bonds is 3. The van der Waals surface area contributed by atoms with Crippen molar-refractivity contribution in [3.05, 3.63) is 57.3 Å². The Hall–Kier alpha value is -1.26. The molecule has 0 amide bonds. The molecule has 1 N–H and O–H groups in total. The van der Waals surface area contributed by atoms with Crippen molar-refractivity contribution in [2.24, 2.45) is 0 Å². The molecular formula is C16H16F2OS. The van der Waals surface area contributed by atoms with Gasteiger partial charge in [0.05, 0.1) is 6.10 Å². The van der Waals surface area contributed by atoms with Crippen molar-refractivity contribution >= 4 is 11.3 Å². The molecule has 3 rings (SSSR count). The fourth-order valence-electron chi connectivity index (χ4n) is 3.00. The molecule has 106 valence electrons. The molecule has 0 saturated heterocycles. The first kappa shape index (κ1) is 13.7. The molecule has 1 nitrogen and oxygen atoms in total. The lowest BCUT2D eigenvalue weighted by atomic mass is 9.82. The second-order valence-corrected chi connectivity index (χ2v) is 6.27. The predicted molar refractivity (Wildman–Crippen MR) is 76.1 cm³/mol. The smallest absolute Gasteiger partial charge is 0.129 e. The minimum absolute atomic E-state index is 0.0102. The van der Waals surface area contributed by atoms with Gasteiger partial charge in [-0.3, -0.25) is 0 Å². The van der Waals surface area contributed by atoms with Gasteiger partial charge in [-0.1, -0.05) is 6.07 Å². The van der Waals surface area contributed by atoms with Gasteiger partial charge in [0, 0.05) is 22.8 Å². The Kier molecular flexibility index (Phi) is 3.85. The first-order chi connectivity index (χ1) is 9.66. The lowest BCUT2D eigenvalue weighted by Crippen LogP contribution is -2.25. The summed E-state index contributed by atoms with van der Waals surface area (Å²) in [5, 5.41) is 12.4. The van der Waals surface area contributed by atoms with E-state index in [0.717, 1.165) is 24.8 Å². The van der Waals surface area contributed by atoms with E-state index in [1.54, 1.807) is 11.3 Å². The Bertz CT molecular complexity index is 588. The van der Waals surface area contributed by atoms with E-state index in [-0.39, 0.29) is 17.9 Å². The Morgan fingerprint density at radius 1 is 1.25 bits per heavy atom. The van der Waals surface area contributed by atoms with Crippen LogP contribution in [0.25, 0.3) is 0 Å². The van der Waals surface area contributed by atoms with E-state index in [4.69, 9.17) is 0 Å². The summed E-state index contributed by atoms with van der Waals surface area (Å²) in [6.07, 6.45) is 2.23. The van der Waals surface area contributed by atoms with Crippen LogP contribution in [0.15, 0.2) is 29.6 Å². The van der Waals surface area contributed by atoms with Crippen LogP contribution in [0.4, 0.5) is 8.78 Å². The van der Waals surface area contributed by atoms with Crippen LogP contribution in [-0.4, -0.2) is 11.2 Å². The number of hydrogen-bond acceptors (Lipinski definition) is 2. The summed E-state index contributed by atoms with van der Waals surface area (Å²) >= 11 is 1.70. The summed E-state index contributed by atoms with van der Waals surface area (Å²) < 4.78 is 27.3. The second-order valence-electron chi connectivity index (χ2n) is 5.27. The zero-order chi connectivity index (χ0) is 14.1. The highest BCUT2D eigenvalue weighted by atomic mass is 32.1. The van der Waals surface area contributed by atoms with Crippen LogP contribution in [0.2, 0.25) is 0 Å². The fraction of sp³-hybridized carbons (Fsp3) is 0.375. The maximum Gasteiger partial charge on any atom is 0.129 e. The van der Waals surface area contributed by atoms with Gasteiger partial charge < -0.3 is 5.11 Å². The Morgan fingerprint density at radius 3 is 2.75 bits per heavy atom. The van der Waals surface area contributed by atoms with Gasteiger partial charge >= 0.3 is 0 Å². The molecular weight excluding hydrogens is 278 g/mol. The van der Waals surface area contributed by atoms with Gasteiger partial charge in [0.15, 0.2) is 0 Å². The molecule has 1 heterocycles. The SMILES string of the molecule is OC(Cc1c(F)cccc1F)C1CCCc2sccc21. The van der Waals surface area contributed by atoms with Gasteiger partial charge in [-0.05, 0) is 48.4 Å². The van der Waals surface area contributed by atoms with Crippen molar-refractivity contribution in [3.8, 4) is 0 Å². The Balaban J connectivity index is 1.83. The zero-order valence-corrected chi connectivity index (χ0v) is 11.8. The van der Waals surface area contributed by atoms with E-state index < -0.39 is 17.7 Å². The second kappa shape index (κ2) is 5.62. The first-order valence-electron chi connectivity index (χ1n) is 6.84. The van der Waals surface area contributed by atoms with Crippen molar-refractivity contribution in [2.75, 3.05) is 0 Å². The molecule has 4 heteroatoms. The van der Waals surface area contributed by atoms with Crippen LogP contribution < -0.4 is 0 Å². The monoisotopic (exact) mass is 294 g/mol. The number of hydrogen-bond donors (Lipinski definition) is 1. The van der Waals surface area contributed by atoms with E-state index in [2.05, 4.69) is 0 Å². The maximum atomic E-state index is 13.7. The molecule has 1 aromatic carbocycles. The number of aryl methyl sites for hydroxylation is 1. The van der Waals surface area contributed by atoms with Crippen LogP contribution in [0.1, 0.15) is 34.8 Å². The molecule has 0 spiro atoms. The molecule has 0 saturated carbocycles. The number of halogens is 2. The van der Waals surface area contributed by atoms with Crippen molar-refractivity contribution < 1.29 is 13.9 Å². The summed E-state index contributed by atoms with van der Waals surface area (Å²) in [5.74, 6) is -1.17. The van der Waals surface area contributed by atoms with Crippen LogP contribution in [0, 0.1) is 11.6 Å². The maximum absolute atomic E-state index is 13.7. The standard InChI is InChI=1S/C16H16F2OS/c17-13-4-2-5-14(18)12(13)9-15(19)10-3-1-6-16-11(10)7-8-20-16/h2,4-5,7-8,10,15,19H,1,3,6,9H2. The molecule has 20 heavy (non-hydrogen) atoms. The topological polar surface area (TPSA) is 20.2 Å². The van der Waals surface area contributed by atoms with Gasteiger partial charge in [0.2, 0.25) is 0 Å². The van der Waals surface area contributed by atoms with Crippen molar-refractivity contribution in [1.29, 1.82) is 0 Å². The quantitative estimate of drug-likeness (QED) is 0.905. The largest absolute Gasteiger partial charge is 0.392 e. The third kappa shape index (κ3) is 2.50. The molecule has 2 atom stereocenters. The first-order valence-corrected chi connectivity index (χ1v) is 7.72. The van der Waals surface area contributed by atoms with E-state index in [0.29, 0.717) is 0 Å². The van der Waals surface area contributed by atoms with Crippen molar-refractivity contribution in [3.63, 3.8) is 0 Å². The Morgan fingerprint density at radius 2 is 2.00 bits per heavy atom. The summed E-state index contributed by atoms with van der Waals surface area (Å²) in [6.45, 7) is 0. The average Bonchev–Trinajstić information content (AvgIpc) is 2.91. The van der Waals surface area contributed by atoms with E-state index >= 15 is 0 Å². The number of thiophene rings is 1. The van der Waals surface area contributed by atoms with Crippen LogP contribution in [0.5, 0.6) is 0 Å². The molecule has 0 fully saturated rings. The highest BCUT2D eigenvalue weighted by Gasteiger charge is 2.28. The number of aliphatic hydroxyl groups is 1. The number of fused-ring (bicyclic) bond motifs is 1. The lowest BCUT2D eigenvalue weighted by molar-refractivity contribution is 0.133. The predicted octanol–water partition coefficient (Wildman–Crippen LogP) is 4.05. The molecule has 0 radical (unpaired) electrons. The van der Waals surface area contributed by atoms with Crippen molar-refractivity contribution in [1.82, 2.24) is 0 Å². The summed E-state index contributed by atoms with van der Waals surface area (Å²) in [6, 6.07) is 5.85. The minimum atomic E-state index is -0.741. The molecule has 1 aliphatic carbocycles. The van der Waals surface area contributed by atoms with Crippen LogP contribution in [-0.2, 0) is 12.8 Å². The molecule has 1 aromatic heterocycles. The van der Waals surface area contributed by atoms with Crippen molar-refractivity contribution in [2.45, 2.75) is 37.7 Å². The Labute approximate surface area is 120 Å². The minimum Gasteiger partial charge on any atom is -0.392 e. The van der Waals surface area contributed by atoms with E-state index in [1.807, 2.05) is 11.4 Å². The summed E-state index contributed by atoms with van der Waals surface area (Å²) in [4.78, 5) is 1.30. The van der Waals surface area contributed by atoms with Gasteiger partial charge in [-0.2, -0.15) is 0 Å². The van der Waals surface area contributed by atoms with Crippen LogP contribution >= 0.6 is 11.3 Å². The molecule has 2 aromatic rings. The summed E-state index contributed by atoms with van der Waals surface area (Å²) in [5.41, 5.74) is 1.15. The molecule has 2 unspecified atom stereocenters. The van der Waals surface area contributed by atoms with E-state index in [1.165, 1.54) is 23.1 Å². The van der Waals surface area contributed by atoms with Gasteiger partial charge in [0.1, 0.15) is 11.6 Å². The highest BCUT2D eigenvalue weighted by molar-refractivity contribution is 7.10. The van der Waals surface area contributed by atoms with Gasteiger partial charge in [-0.25, -0.2) is 8.78 Å². The zero-order valence-electron chi connectivity index (χ0n) is 11.0. The fourth-order valence-corrected chi connectivity index (χ4v) is 4.00. The summed E-state index contributed by atoms with van der Waals surface area (Å²) in [7, 11) is 0. The van der Waals surface area contributed by atoms with Crippen LogP contribution in [0.3, 0.4) is 0 Å². The number of benzene rings is 1. The third-order valence-corrected chi connectivity index (χ3v) is 5.03. The molecule has 1 aliphatic rings.